The van der Waals surface area contributed by atoms with Gasteiger partial charge in [0, 0.05) is 23.8 Å². The van der Waals surface area contributed by atoms with Gasteiger partial charge in [0.1, 0.15) is 11.5 Å². The van der Waals surface area contributed by atoms with Gasteiger partial charge < -0.3 is 14.8 Å². The highest BCUT2D eigenvalue weighted by Crippen LogP contribution is 2.28. The fourth-order valence-electron chi connectivity index (χ4n) is 2.80. The Hall–Kier alpha value is -3.15. The van der Waals surface area contributed by atoms with E-state index in [4.69, 9.17) is 9.47 Å². The number of carbonyl (C=O) groups is 2. The smallest absolute Gasteiger partial charge is 0.281 e. The summed E-state index contributed by atoms with van der Waals surface area (Å²) < 4.78 is 10.4. The summed E-state index contributed by atoms with van der Waals surface area (Å²) in [5.74, 6) is 0.406. The lowest BCUT2D eigenvalue weighted by Crippen LogP contribution is -2.32. The summed E-state index contributed by atoms with van der Waals surface area (Å²) in [5, 5.41) is 2.79. The molecule has 6 heteroatoms. The Labute approximate surface area is 145 Å². The maximum Gasteiger partial charge on any atom is 0.281 e. The summed E-state index contributed by atoms with van der Waals surface area (Å²) in [4.78, 5) is 28.3. The first kappa shape index (κ1) is 16.7. The molecule has 1 heterocycles. The van der Waals surface area contributed by atoms with Gasteiger partial charge in [-0.25, -0.2) is 4.99 Å². The molecule has 0 radical (unpaired) electrons. The van der Waals surface area contributed by atoms with Gasteiger partial charge >= 0.3 is 0 Å². The first-order chi connectivity index (χ1) is 12.0. The molecule has 3 rings (SSSR count). The van der Waals surface area contributed by atoms with Crippen LogP contribution in [0.3, 0.4) is 0 Å². The number of nitrogens with zero attached hydrogens (tertiary/aromatic N) is 1. The molecule has 6 nitrogen and oxygen atoms in total. The van der Waals surface area contributed by atoms with Crippen LogP contribution in [0.5, 0.6) is 11.5 Å². The Kier molecular flexibility index (Phi) is 4.52. The SMILES string of the molecule is COc1ccc(C(=O)N=C2C=CC3C(C)=CC(=O)NC3=C2)c(OC)c1. The third-order valence-electron chi connectivity index (χ3n) is 4.08. The zero-order valence-corrected chi connectivity index (χ0v) is 14.2. The molecule has 128 valence electrons. The highest BCUT2D eigenvalue weighted by atomic mass is 16.5. The van der Waals surface area contributed by atoms with Gasteiger partial charge in [0.05, 0.1) is 25.5 Å². The van der Waals surface area contributed by atoms with Crippen LogP contribution in [0.1, 0.15) is 17.3 Å². The Morgan fingerprint density at radius 2 is 2.00 bits per heavy atom. The third kappa shape index (κ3) is 3.38. The van der Waals surface area contributed by atoms with Crippen molar-refractivity contribution in [1.29, 1.82) is 0 Å². The van der Waals surface area contributed by atoms with E-state index in [1.807, 2.05) is 13.0 Å². The molecule has 1 aliphatic carbocycles. The predicted octanol–water partition coefficient (Wildman–Crippen LogP) is 2.43. The lowest BCUT2D eigenvalue weighted by molar-refractivity contribution is -0.116. The van der Waals surface area contributed by atoms with Crippen molar-refractivity contribution in [3.8, 4) is 11.5 Å². The molecular weight excluding hydrogens is 320 g/mol. The zero-order chi connectivity index (χ0) is 18.0. The molecule has 2 aliphatic rings. The molecule has 0 aromatic heterocycles. The number of nitrogens with one attached hydrogen (secondary N) is 1. The Bertz CT molecular complexity index is 862. The number of allylic oxidation sites excluding steroid dienone is 3. The van der Waals surface area contributed by atoms with Crippen LogP contribution in [0, 0.1) is 5.92 Å². The first-order valence-electron chi connectivity index (χ1n) is 7.76. The number of amides is 2. The Balaban J connectivity index is 1.89. The first-order valence-corrected chi connectivity index (χ1v) is 7.76. The van der Waals surface area contributed by atoms with Crippen molar-refractivity contribution >= 4 is 17.5 Å². The van der Waals surface area contributed by atoms with Gasteiger partial charge in [-0.15, -0.1) is 0 Å². The Morgan fingerprint density at radius 1 is 1.20 bits per heavy atom. The molecule has 0 saturated carbocycles. The Morgan fingerprint density at radius 3 is 2.72 bits per heavy atom. The van der Waals surface area contributed by atoms with Crippen molar-refractivity contribution in [2.24, 2.45) is 10.9 Å². The van der Waals surface area contributed by atoms with Crippen molar-refractivity contribution in [2.45, 2.75) is 6.92 Å². The van der Waals surface area contributed by atoms with Crippen LogP contribution in [-0.4, -0.2) is 31.7 Å². The number of ether oxygens (including phenoxy) is 2. The number of rotatable bonds is 3. The molecule has 1 N–H and O–H groups in total. The number of methoxy groups -OCH3 is 2. The fourth-order valence-corrected chi connectivity index (χ4v) is 2.80. The maximum absolute atomic E-state index is 12.5. The van der Waals surface area contributed by atoms with Crippen LogP contribution >= 0.6 is 0 Å². The highest BCUT2D eigenvalue weighted by molar-refractivity contribution is 6.14. The van der Waals surface area contributed by atoms with Gasteiger partial charge in [0.25, 0.3) is 5.91 Å². The van der Waals surface area contributed by atoms with Crippen molar-refractivity contribution in [3.63, 3.8) is 0 Å². The van der Waals surface area contributed by atoms with E-state index in [2.05, 4.69) is 10.3 Å². The quantitative estimate of drug-likeness (QED) is 0.918. The summed E-state index contributed by atoms with van der Waals surface area (Å²) in [6.07, 6.45) is 6.98. The lowest BCUT2D eigenvalue weighted by atomic mass is 9.89. The van der Waals surface area contributed by atoms with Crippen molar-refractivity contribution < 1.29 is 19.1 Å². The normalized spacial score (nSPS) is 20.4. The van der Waals surface area contributed by atoms with Gasteiger partial charge in [-0.2, -0.15) is 0 Å². The molecule has 1 unspecified atom stereocenters. The number of benzene rings is 1. The number of aliphatic imine (C=N–C) groups is 1. The number of fused-ring (bicyclic) bond motifs is 1. The lowest BCUT2D eigenvalue weighted by Gasteiger charge is -2.25. The second-order valence-corrected chi connectivity index (χ2v) is 5.72. The summed E-state index contributed by atoms with van der Waals surface area (Å²) >= 11 is 0. The molecule has 0 fully saturated rings. The predicted molar refractivity (Wildman–Crippen MR) is 93.9 cm³/mol. The molecule has 2 amide bonds. The van der Waals surface area contributed by atoms with Gasteiger partial charge in [-0.05, 0) is 31.2 Å². The van der Waals surface area contributed by atoms with Crippen LogP contribution in [0.2, 0.25) is 0 Å². The molecule has 25 heavy (non-hydrogen) atoms. The van der Waals surface area contributed by atoms with Gasteiger partial charge in [0.2, 0.25) is 5.91 Å². The minimum absolute atomic E-state index is 0.0160. The van der Waals surface area contributed by atoms with E-state index in [1.54, 1.807) is 43.5 Å². The summed E-state index contributed by atoms with van der Waals surface area (Å²) in [6, 6.07) is 4.92. The number of hydrogen-bond donors (Lipinski definition) is 1. The zero-order valence-electron chi connectivity index (χ0n) is 14.2. The standard InChI is InChI=1S/C19H18N2O4/c1-11-8-18(22)21-16-9-12(4-6-14(11)16)20-19(23)15-7-5-13(24-2)10-17(15)25-3/h4-10,14H,1-3H3,(H,21,22). The van der Waals surface area contributed by atoms with E-state index in [0.29, 0.717) is 22.8 Å². The highest BCUT2D eigenvalue weighted by Gasteiger charge is 2.24. The summed E-state index contributed by atoms with van der Waals surface area (Å²) in [6.45, 7) is 1.90. The molecule has 0 saturated heterocycles. The molecule has 1 aromatic rings. The number of hydrogen-bond acceptors (Lipinski definition) is 4. The van der Waals surface area contributed by atoms with E-state index in [-0.39, 0.29) is 11.8 Å². The van der Waals surface area contributed by atoms with Gasteiger partial charge in [0.15, 0.2) is 0 Å². The van der Waals surface area contributed by atoms with E-state index in [0.717, 1.165) is 11.3 Å². The van der Waals surface area contributed by atoms with Crippen LogP contribution < -0.4 is 14.8 Å². The summed E-state index contributed by atoms with van der Waals surface area (Å²) in [7, 11) is 3.03. The number of carbonyl (C=O) groups excluding carboxylic acids is 2. The molecule has 1 atom stereocenters. The van der Waals surface area contributed by atoms with E-state index in [9.17, 15) is 9.59 Å². The van der Waals surface area contributed by atoms with Gasteiger partial charge in [-0.3, -0.25) is 9.59 Å². The van der Waals surface area contributed by atoms with Gasteiger partial charge in [-0.1, -0.05) is 11.6 Å². The average Bonchev–Trinajstić information content (AvgIpc) is 2.60. The minimum atomic E-state index is -0.427. The average molecular weight is 338 g/mol. The molecule has 1 aliphatic heterocycles. The third-order valence-corrected chi connectivity index (χ3v) is 4.08. The van der Waals surface area contributed by atoms with Crippen molar-refractivity contribution in [1.82, 2.24) is 5.32 Å². The van der Waals surface area contributed by atoms with Crippen LogP contribution in [0.15, 0.2) is 58.8 Å². The second-order valence-electron chi connectivity index (χ2n) is 5.72. The van der Waals surface area contributed by atoms with E-state index < -0.39 is 5.91 Å². The molecule has 0 spiro atoms. The minimum Gasteiger partial charge on any atom is -0.497 e. The monoisotopic (exact) mass is 338 g/mol. The van der Waals surface area contributed by atoms with Crippen molar-refractivity contribution in [3.05, 3.63) is 59.3 Å². The van der Waals surface area contributed by atoms with Crippen LogP contribution in [0.25, 0.3) is 0 Å². The topological polar surface area (TPSA) is 77.0 Å². The molecule has 0 bridgehead atoms. The largest absolute Gasteiger partial charge is 0.497 e. The van der Waals surface area contributed by atoms with E-state index >= 15 is 0 Å². The maximum atomic E-state index is 12.5. The second kappa shape index (κ2) is 6.76. The molecular formula is C19H18N2O4. The van der Waals surface area contributed by atoms with Crippen LogP contribution in [-0.2, 0) is 4.79 Å². The van der Waals surface area contributed by atoms with Crippen molar-refractivity contribution in [2.75, 3.05) is 14.2 Å². The van der Waals surface area contributed by atoms with Crippen LogP contribution in [0.4, 0.5) is 0 Å². The van der Waals surface area contributed by atoms with E-state index in [1.165, 1.54) is 7.11 Å². The fraction of sp³-hybridized carbons (Fsp3) is 0.211. The molecule has 1 aromatic carbocycles. The summed E-state index contributed by atoms with van der Waals surface area (Å²) in [5.41, 5.74) is 2.49.